The van der Waals surface area contributed by atoms with Crippen LogP contribution in [0.15, 0.2) is 30.3 Å². The third-order valence-electron chi connectivity index (χ3n) is 4.59. The predicted molar refractivity (Wildman–Crippen MR) is 95.3 cm³/mol. The van der Waals surface area contributed by atoms with Crippen LogP contribution in [0.1, 0.15) is 45.1 Å². The molecule has 4 N–H and O–H groups in total. The second kappa shape index (κ2) is 8.83. The first-order chi connectivity index (χ1) is 11.5. The molecule has 1 unspecified atom stereocenters. The Kier molecular flexibility index (Phi) is 6.79. The van der Waals surface area contributed by atoms with Crippen LogP contribution in [-0.2, 0) is 16.0 Å². The molecule has 1 aromatic rings. The van der Waals surface area contributed by atoms with E-state index < -0.39 is 6.04 Å². The summed E-state index contributed by atoms with van der Waals surface area (Å²) in [6.45, 7) is 3.90. The molecule has 0 saturated heterocycles. The van der Waals surface area contributed by atoms with Crippen molar-refractivity contribution in [3.63, 3.8) is 0 Å². The summed E-state index contributed by atoms with van der Waals surface area (Å²) in [5.41, 5.74) is 6.85. The van der Waals surface area contributed by atoms with E-state index in [0.717, 1.165) is 31.2 Å². The van der Waals surface area contributed by atoms with E-state index in [1.807, 2.05) is 44.2 Å². The quantitative estimate of drug-likeness (QED) is 0.742. The van der Waals surface area contributed by atoms with Gasteiger partial charge < -0.3 is 16.4 Å². The normalized spacial score (nSPS) is 22.0. The van der Waals surface area contributed by atoms with E-state index in [9.17, 15) is 9.59 Å². The maximum Gasteiger partial charge on any atom is 0.243 e. The molecule has 24 heavy (non-hydrogen) atoms. The van der Waals surface area contributed by atoms with Gasteiger partial charge in [-0.25, -0.2) is 0 Å². The van der Waals surface area contributed by atoms with Crippen molar-refractivity contribution >= 4 is 11.8 Å². The molecular formula is C19H29N3O2. The van der Waals surface area contributed by atoms with E-state index in [4.69, 9.17) is 5.73 Å². The van der Waals surface area contributed by atoms with Gasteiger partial charge in [0.05, 0.1) is 6.42 Å². The van der Waals surface area contributed by atoms with Crippen molar-refractivity contribution < 1.29 is 9.59 Å². The summed E-state index contributed by atoms with van der Waals surface area (Å²) in [7, 11) is 0. The van der Waals surface area contributed by atoms with E-state index in [2.05, 4.69) is 10.6 Å². The Morgan fingerprint density at radius 3 is 2.33 bits per heavy atom. The Morgan fingerprint density at radius 2 is 1.75 bits per heavy atom. The molecule has 1 atom stereocenters. The molecule has 1 aliphatic rings. The van der Waals surface area contributed by atoms with Crippen molar-refractivity contribution in [2.75, 3.05) is 0 Å². The van der Waals surface area contributed by atoms with Crippen LogP contribution in [0.3, 0.4) is 0 Å². The number of nitrogens with two attached hydrogens (primary N) is 1. The number of rotatable bonds is 6. The Morgan fingerprint density at radius 1 is 1.12 bits per heavy atom. The Bertz CT molecular complexity index is 537. The van der Waals surface area contributed by atoms with Crippen molar-refractivity contribution in [2.45, 2.75) is 64.1 Å². The van der Waals surface area contributed by atoms with Crippen LogP contribution >= 0.6 is 0 Å². The lowest BCUT2D eigenvalue weighted by molar-refractivity contribution is -0.130. The van der Waals surface area contributed by atoms with Gasteiger partial charge in [0.1, 0.15) is 6.04 Å². The number of carbonyl (C=O) groups excluding carboxylic acids is 2. The van der Waals surface area contributed by atoms with Crippen molar-refractivity contribution in [3.05, 3.63) is 35.9 Å². The molecule has 0 bridgehead atoms. The summed E-state index contributed by atoms with van der Waals surface area (Å²) >= 11 is 0. The molecular weight excluding hydrogens is 302 g/mol. The van der Waals surface area contributed by atoms with E-state index in [1.54, 1.807) is 0 Å². The molecule has 0 aromatic heterocycles. The number of nitrogens with one attached hydrogen (secondary N) is 2. The van der Waals surface area contributed by atoms with E-state index in [-0.39, 0.29) is 36.2 Å². The number of benzene rings is 1. The van der Waals surface area contributed by atoms with Crippen LogP contribution in [0.25, 0.3) is 0 Å². The Hall–Kier alpha value is -1.88. The van der Waals surface area contributed by atoms with Gasteiger partial charge in [0.25, 0.3) is 0 Å². The smallest absolute Gasteiger partial charge is 0.243 e. The second-order valence-corrected chi connectivity index (χ2v) is 7.07. The number of carbonyl (C=O) groups is 2. The minimum Gasteiger partial charge on any atom is -0.352 e. The summed E-state index contributed by atoms with van der Waals surface area (Å²) in [4.78, 5) is 24.8. The zero-order chi connectivity index (χ0) is 17.5. The molecule has 0 spiro atoms. The van der Waals surface area contributed by atoms with Crippen LogP contribution in [-0.4, -0.2) is 29.9 Å². The topological polar surface area (TPSA) is 84.2 Å². The lowest BCUT2D eigenvalue weighted by Crippen LogP contribution is -2.53. The summed E-state index contributed by atoms with van der Waals surface area (Å²) in [6.07, 6.45) is 4.00. The highest BCUT2D eigenvalue weighted by Gasteiger charge is 2.27. The number of hydrogen-bond acceptors (Lipinski definition) is 3. The predicted octanol–water partition coefficient (Wildman–Crippen LogP) is 1.76. The highest BCUT2D eigenvalue weighted by molar-refractivity contribution is 5.88. The van der Waals surface area contributed by atoms with Gasteiger partial charge in [0.2, 0.25) is 11.8 Å². The van der Waals surface area contributed by atoms with Gasteiger partial charge in [0, 0.05) is 12.1 Å². The van der Waals surface area contributed by atoms with Crippen LogP contribution in [0.4, 0.5) is 0 Å². The van der Waals surface area contributed by atoms with Gasteiger partial charge in [-0.05, 0) is 37.2 Å². The maximum atomic E-state index is 12.6. The summed E-state index contributed by atoms with van der Waals surface area (Å²) < 4.78 is 0. The summed E-state index contributed by atoms with van der Waals surface area (Å²) in [6, 6.07) is 9.48. The lowest BCUT2D eigenvalue weighted by Gasteiger charge is -2.29. The first-order valence-corrected chi connectivity index (χ1v) is 8.85. The van der Waals surface area contributed by atoms with Gasteiger partial charge in [-0.1, -0.05) is 44.2 Å². The Balaban J connectivity index is 1.88. The fraction of sp³-hybridized carbons (Fsp3) is 0.579. The van der Waals surface area contributed by atoms with E-state index >= 15 is 0 Å². The van der Waals surface area contributed by atoms with Gasteiger partial charge in [0.15, 0.2) is 0 Å². The van der Waals surface area contributed by atoms with Crippen molar-refractivity contribution in [2.24, 2.45) is 11.7 Å². The largest absolute Gasteiger partial charge is 0.352 e. The average molecular weight is 331 g/mol. The third-order valence-corrected chi connectivity index (χ3v) is 4.59. The second-order valence-electron chi connectivity index (χ2n) is 7.07. The molecule has 5 heteroatoms. The van der Waals surface area contributed by atoms with Crippen molar-refractivity contribution in [1.29, 1.82) is 0 Å². The highest BCUT2D eigenvalue weighted by Crippen LogP contribution is 2.17. The monoisotopic (exact) mass is 331 g/mol. The van der Waals surface area contributed by atoms with Crippen LogP contribution in [0.2, 0.25) is 0 Å². The molecule has 1 aliphatic carbocycles. The molecule has 0 radical (unpaired) electrons. The lowest BCUT2D eigenvalue weighted by atomic mass is 9.91. The SMILES string of the molecule is CC(C)C(NC(=O)Cc1ccccc1)C(=O)NC1CCC(N)CC1. The number of hydrogen-bond donors (Lipinski definition) is 3. The fourth-order valence-corrected chi connectivity index (χ4v) is 3.10. The van der Waals surface area contributed by atoms with Gasteiger partial charge in [-0.3, -0.25) is 9.59 Å². The minimum absolute atomic E-state index is 0.0376. The first kappa shape index (κ1) is 18.5. The highest BCUT2D eigenvalue weighted by atomic mass is 16.2. The fourth-order valence-electron chi connectivity index (χ4n) is 3.10. The zero-order valence-electron chi connectivity index (χ0n) is 14.6. The molecule has 0 heterocycles. The van der Waals surface area contributed by atoms with Gasteiger partial charge >= 0.3 is 0 Å². The van der Waals surface area contributed by atoms with Crippen molar-refractivity contribution in [1.82, 2.24) is 10.6 Å². The zero-order valence-corrected chi connectivity index (χ0v) is 14.6. The molecule has 1 aromatic carbocycles. The first-order valence-electron chi connectivity index (χ1n) is 8.85. The molecule has 0 aliphatic heterocycles. The molecule has 2 amide bonds. The summed E-state index contributed by atoms with van der Waals surface area (Å²) in [5.74, 6) is -0.178. The number of amides is 2. The van der Waals surface area contributed by atoms with Crippen LogP contribution in [0.5, 0.6) is 0 Å². The minimum atomic E-state index is -0.503. The van der Waals surface area contributed by atoms with E-state index in [0.29, 0.717) is 0 Å². The molecule has 5 nitrogen and oxygen atoms in total. The molecule has 1 saturated carbocycles. The Labute approximate surface area is 144 Å². The standard InChI is InChI=1S/C19H29N3O2/c1-13(2)18(19(24)21-16-10-8-15(20)9-11-16)22-17(23)12-14-6-4-3-5-7-14/h3-7,13,15-16,18H,8-12,20H2,1-2H3,(H,21,24)(H,22,23). The average Bonchev–Trinajstić information content (AvgIpc) is 2.55. The van der Waals surface area contributed by atoms with Gasteiger partial charge in [-0.15, -0.1) is 0 Å². The molecule has 1 fully saturated rings. The third kappa shape index (κ3) is 5.64. The van der Waals surface area contributed by atoms with Crippen LogP contribution < -0.4 is 16.4 Å². The van der Waals surface area contributed by atoms with Crippen molar-refractivity contribution in [3.8, 4) is 0 Å². The van der Waals surface area contributed by atoms with Gasteiger partial charge in [-0.2, -0.15) is 0 Å². The van der Waals surface area contributed by atoms with E-state index in [1.165, 1.54) is 0 Å². The van der Waals surface area contributed by atoms with Crippen LogP contribution in [0, 0.1) is 5.92 Å². The molecule has 132 valence electrons. The maximum absolute atomic E-state index is 12.6. The molecule has 2 rings (SSSR count). The summed E-state index contributed by atoms with van der Waals surface area (Å²) in [5, 5.41) is 5.97.